The average Bonchev–Trinajstić information content (AvgIpc) is 2.44. The fourth-order valence-corrected chi connectivity index (χ4v) is 1.83. The molecule has 1 N–H and O–H groups in total. The first-order chi connectivity index (χ1) is 9.69. The van der Waals surface area contributed by atoms with Crippen molar-refractivity contribution in [1.82, 2.24) is 15.3 Å². The smallest absolute Gasteiger partial charge is 0.238 e. The van der Waals surface area contributed by atoms with Gasteiger partial charge in [-0.15, -0.1) is 0 Å². The van der Waals surface area contributed by atoms with Crippen molar-refractivity contribution in [2.45, 2.75) is 26.8 Å². The predicted octanol–water partition coefficient (Wildman–Crippen LogP) is 3.73. The van der Waals surface area contributed by atoms with Crippen molar-refractivity contribution in [3.05, 3.63) is 46.9 Å². The van der Waals surface area contributed by atoms with Gasteiger partial charge in [-0.1, -0.05) is 18.5 Å². The number of rotatable bonds is 6. The molecule has 0 fully saturated rings. The minimum Gasteiger partial charge on any atom is -0.437 e. The van der Waals surface area contributed by atoms with Crippen LogP contribution in [0.25, 0.3) is 0 Å². The summed E-state index contributed by atoms with van der Waals surface area (Å²) in [5, 5.41) is 4.01. The lowest BCUT2D eigenvalue weighted by molar-refractivity contribution is 0.456. The van der Waals surface area contributed by atoms with Crippen LogP contribution in [-0.2, 0) is 6.54 Å². The van der Waals surface area contributed by atoms with Crippen LogP contribution in [0.2, 0.25) is 5.02 Å². The molecule has 0 amide bonds. The van der Waals surface area contributed by atoms with Gasteiger partial charge in [0, 0.05) is 17.8 Å². The Bertz CT molecular complexity index is 575. The van der Waals surface area contributed by atoms with Gasteiger partial charge in [-0.05, 0) is 43.7 Å². The van der Waals surface area contributed by atoms with Crippen LogP contribution in [0.4, 0.5) is 0 Å². The van der Waals surface area contributed by atoms with Crippen molar-refractivity contribution in [1.29, 1.82) is 0 Å². The minimum absolute atomic E-state index is 0.488. The maximum absolute atomic E-state index is 5.99. The zero-order valence-electron chi connectivity index (χ0n) is 11.7. The van der Waals surface area contributed by atoms with Crippen LogP contribution in [0.3, 0.4) is 0 Å². The van der Waals surface area contributed by atoms with Crippen LogP contribution >= 0.6 is 11.6 Å². The monoisotopic (exact) mass is 291 g/mol. The number of benzene rings is 1. The van der Waals surface area contributed by atoms with Crippen molar-refractivity contribution in [2.75, 3.05) is 6.54 Å². The topological polar surface area (TPSA) is 47.0 Å². The number of nitrogens with one attached hydrogen (secondary N) is 1. The fraction of sp³-hybridized carbons (Fsp3) is 0.333. The molecule has 0 saturated carbocycles. The molecule has 1 heterocycles. The molecule has 0 aliphatic heterocycles. The summed E-state index contributed by atoms with van der Waals surface area (Å²) in [7, 11) is 0. The number of hydrogen-bond acceptors (Lipinski definition) is 4. The minimum atomic E-state index is 0.488. The third-order valence-electron chi connectivity index (χ3n) is 2.75. The van der Waals surface area contributed by atoms with E-state index in [-0.39, 0.29) is 0 Å². The lowest BCUT2D eigenvalue weighted by atomic mass is 10.2. The highest BCUT2D eigenvalue weighted by Crippen LogP contribution is 2.24. The third kappa shape index (κ3) is 4.18. The van der Waals surface area contributed by atoms with Crippen molar-refractivity contribution in [2.24, 2.45) is 0 Å². The van der Waals surface area contributed by atoms with E-state index in [1.165, 1.54) is 0 Å². The Morgan fingerprint density at radius 2 is 2.15 bits per heavy atom. The van der Waals surface area contributed by atoms with Gasteiger partial charge in [-0.3, -0.25) is 4.98 Å². The van der Waals surface area contributed by atoms with Crippen molar-refractivity contribution < 1.29 is 4.74 Å². The number of nitrogens with zero attached hydrogens (tertiary/aromatic N) is 2. The largest absolute Gasteiger partial charge is 0.437 e. The Morgan fingerprint density at radius 3 is 2.90 bits per heavy atom. The van der Waals surface area contributed by atoms with Gasteiger partial charge in [0.05, 0.1) is 11.9 Å². The Labute approximate surface area is 124 Å². The second-order valence-corrected chi connectivity index (χ2v) is 4.95. The van der Waals surface area contributed by atoms with Crippen LogP contribution in [0.1, 0.15) is 24.6 Å². The molecule has 0 aliphatic carbocycles. The van der Waals surface area contributed by atoms with Gasteiger partial charge in [0.15, 0.2) is 0 Å². The standard InChI is InChI=1S/C15H18ClN3O/c1-3-6-17-8-12-9-18-10-15(19-12)20-13-4-5-14(16)11(2)7-13/h4-5,7,9-10,17H,3,6,8H2,1-2H3. The Kier molecular flexibility index (Phi) is 5.32. The zero-order chi connectivity index (χ0) is 14.4. The number of ether oxygens (including phenoxy) is 1. The molecule has 1 aromatic heterocycles. The lowest BCUT2D eigenvalue weighted by Crippen LogP contribution is -2.15. The number of halogens is 1. The molecule has 0 atom stereocenters. The molecule has 4 nitrogen and oxygen atoms in total. The molecule has 20 heavy (non-hydrogen) atoms. The summed E-state index contributed by atoms with van der Waals surface area (Å²) < 4.78 is 5.70. The zero-order valence-corrected chi connectivity index (χ0v) is 12.4. The summed E-state index contributed by atoms with van der Waals surface area (Å²) >= 11 is 5.99. The summed E-state index contributed by atoms with van der Waals surface area (Å²) in [5.74, 6) is 1.20. The summed E-state index contributed by atoms with van der Waals surface area (Å²) in [4.78, 5) is 8.56. The van der Waals surface area contributed by atoms with Gasteiger partial charge in [0.2, 0.25) is 5.88 Å². The average molecular weight is 292 g/mol. The van der Waals surface area contributed by atoms with Gasteiger partial charge in [0.1, 0.15) is 5.75 Å². The first kappa shape index (κ1) is 14.8. The Morgan fingerprint density at radius 1 is 1.30 bits per heavy atom. The molecule has 0 saturated heterocycles. The van der Waals surface area contributed by atoms with Gasteiger partial charge in [-0.2, -0.15) is 0 Å². The molecule has 0 aliphatic rings. The molecule has 2 rings (SSSR count). The van der Waals surface area contributed by atoms with Crippen molar-refractivity contribution in [3.63, 3.8) is 0 Å². The third-order valence-corrected chi connectivity index (χ3v) is 3.17. The molecule has 0 unspecified atom stereocenters. The van der Waals surface area contributed by atoms with E-state index < -0.39 is 0 Å². The second-order valence-electron chi connectivity index (χ2n) is 4.54. The molecule has 1 aromatic carbocycles. The highest BCUT2D eigenvalue weighted by molar-refractivity contribution is 6.31. The Hall–Kier alpha value is -1.65. The number of aromatic nitrogens is 2. The van der Waals surface area contributed by atoms with Gasteiger partial charge in [-0.25, -0.2) is 4.98 Å². The van der Waals surface area contributed by atoms with E-state index in [1.807, 2.05) is 25.1 Å². The van der Waals surface area contributed by atoms with Gasteiger partial charge in [0.25, 0.3) is 0 Å². The van der Waals surface area contributed by atoms with E-state index in [4.69, 9.17) is 16.3 Å². The van der Waals surface area contributed by atoms with E-state index in [0.29, 0.717) is 18.2 Å². The lowest BCUT2D eigenvalue weighted by Gasteiger charge is -2.08. The van der Waals surface area contributed by atoms with Crippen molar-refractivity contribution >= 4 is 11.6 Å². The maximum atomic E-state index is 5.99. The summed E-state index contributed by atoms with van der Waals surface area (Å²) in [6.45, 7) is 5.72. The molecular formula is C15H18ClN3O. The van der Waals surface area contributed by atoms with E-state index in [9.17, 15) is 0 Å². The number of aryl methyl sites for hydroxylation is 1. The molecule has 0 radical (unpaired) electrons. The van der Waals surface area contributed by atoms with Crippen LogP contribution < -0.4 is 10.1 Å². The normalized spacial score (nSPS) is 10.6. The van der Waals surface area contributed by atoms with Gasteiger partial charge < -0.3 is 10.1 Å². The summed E-state index contributed by atoms with van der Waals surface area (Å²) in [6, 6.07) is 5.51. The maximum Gasteiger partial charge on any atom is 0.238 e. The SMILES string of the molecule is CCCNCc1cncc(Oc2ccc(Cl)c(C)c2)n1. The molecular weight excluding hydrogens is 274 g/mol. The first-order valence-electron chi connectivity index (χ1n) is 6.64. The first-order valence-corrected chi connectivity index (χ1v) is 7.02. The Balaban J connectivity index is 2.05. The number of hydrogen-bond donors (Lipinski definition) is 1. The molecule has 2 aromatic rings. The van der Waals surface area contributed by atoms with Crippen LogP contribution in [-0.4, -0.2) is 16.5 Å². The van der Waals surface area contributed by atoms with Crippen LogP contribution in [0.5, 0.6) is 11.6 Å². The van der Waals surface area contributed by atoms with Crippen LogP contribution in [0, 0.1) is 6.92 Å². The summed E-state index contributed by atoms with van der Waals surface area (Å²) in [6.07, 6.45) is 4.43. The summed E-state index contributed by atoms with van der Waals surface area (Å²) in [5.41, 5.74) is 1.83. The van der Waals surface area contributed by atoms with Crippen LogP contribution in [0.15, 0.2) is 30.6 Å². The van der Waals surface area contributed by atoms with E-state index in [0.717, 1.165) is 29.2 Å². The van der Waals surface area contributed by atoms with E-state index in [2.05, 4.69) is 22.2 Å². The molecule has 0 spiro atoms. The second kappa shape index (κ2) is 7.22. The van der Waals surface area contributed by atoms with Gasteiger partial charge >= 0.3 is 0 Å². The molecule has 5 heteroatoms. The highest BCUT2D eigenvalue weighted by Gasteiger charge is 2.03. The quantitative estimate of drug-likeness (QED) is 0.824. The highest BCUT2D eigenvalue weighted by atomic mass is 35.5. The predicted molar refractivity (Wildman–Crippen MR) is 80.3 cm³/mol. The van der Waals surface area contributed by atoms with E-state index in [1.54, 1.807) is 12.4 Å². The molecule has 0 bridgehead atoms. The fourth-order valence-electron chi connectivity index (χ4n) is 1.72. The van der Waals surface area contributed by atoms with E-state index >= 15 is 0 Å². The molecule has 106 valence electrons. The van der Waals surface area contributed by atoms with Crippen molar-refractivity contribution in [3.8, 4) is 11.6 Å².